The molecular weight excluding hydrogens is 250 g/mol. The van der Waals surface area contributed by atoms with Gasteiger partial charge in [0.2, 0.25) is 0 Å². The van der Waals surface area contributed by atoms with E-state index in [9.17, 15) is 0 Å². The molecule has 5 heteroatoms. The topological polar surface area (TPSA) is 38.0 Å². The van der Waals surface area contributed by atoms with Crippen LogP contribution in [0.2, 0.25) is 0 Å². The van der Waals surface area contributed by atoms with Gasteiger partial charge in [-0.2, -0.15) is 5.10 Å². The number of nitrogens with one attached hydrogen (secondary N) is 1. The molecule has 0 atom stereocenters. The summed E-state index contributed by atoms with van der Waals surface area (Å²) in [5.74, 6) is 0. The third-order valence-electron chi connectivity index (χ3n) is 3.70. The van der Waals surface area contributed by atoms with Gasteiger partial charge in [0.1, 0.15) is 0 Å². The van der Waals surface area contributed by atoms with Crippen LogP contribution in [0, 0.1) is 0 Å². The molecule has 0 aromatic carbocycles. The van der Waals surface area contributed by atoms with Gasteiger partial charge >= 0.3 is 0 Å². The minimum Gasteiger partial charge on any atom is -0.377 e. The summed E-state index contributed by atoms with van der Waals surface area (Å²) in [6, 6.07) is 4.18. The highest BCUT2D eigenvalue weighted by molar-refractivity contribution is 5.38. The van der Waals surface area contributed by atoms with Crippen molar-refractivity contribution in [2.24, 2.45) is 7.05 Å². The maximum atomic E-state index is 4.40. The number of hydrogen-bond acceptors (Lipinski definition) is 3. The number of hydrogen-bond donors (Lipinski definition) is 1. The monoisotopic (exact) mass is 275 g/mol. The van der Waals surface area contributed by atoms with Crippen molar-refractivity contribution in [2.75, 3.05) is 25.0 Å². The molecule has 5 nitrogen and oxygen atoms in total. The maximum absolute atomic E-state index is 4.40. The van der Waals surface area contributed by atoms with Gasteiger partial charge in [-0.1, -0.05) is 13.8 Å². The van der Waals surface area contributed by atoms with Gasteiger partial charge in [-0.05, 0) is 25.2 Å². The average molecular weight is 275 g/mol. The molecule has 0 unspecified atom stereocenters. The van der Waals surface area contributed by atoms with E-state index in [1.807, 2.05) is 10.9 Å². The first-order chi connectivity index (χ1) is 9.72. The van der Waals surface area contributed by atoms with E-state index < -0.39 is 0 Å². The SMILES string of the molecule is CCN(CC)CCn1cc(NCc2cccn2C)cn1. The molecule has 0 aliphatic carbocycles. The lowest BCUT2D eigenvalue weighted by Crippen LogP contribution is -2.27. The molecule has 0 aliphatic heterocycles. The van der Waals surface area contributed by atoms with E-state index in [0.717, 1.165) is 38.4 Å². The third kappa shape index (κ3) is 3.87. The highest BCUT2D eigenvalue weighted by atomic mass is 15.3. The fraction of sp³-hybridized carbons (Fsp3) is 0.533. The molecule has 1 N–H and O–H groups in total. The molecule has 0 amide bonds. The highest BCUT2D eigenvalue weighted by Gasteiger charge is 2.02. The van der Waals surface area contributed by atoms with Crippen LogP contribution in [-0.2, 0) is 20.1 Å². The zero-order valence-corrected chi connectivity index (χ0v) is 12.7. The Bertz CT molecular complexity index is 510. The molecule has 0 saturated heterocycles. The zero-order chi connectivity index (χ0) is 14.4. The van der Waals surface area contributed by atoms with Crippen molar-refractivity contribution in [1.29, 1.82) is 0 Å². The second kappa shape index (κ2) is 7.14. The number of aromatic nitrogens is 3. The summed E-state index contributed by atoms with van der Waals surface area (Å²) in [5, 5.41) is 7.81. The van der Waals surface area contributed by atoms with E-state index in [-0.39, 0.29) is 0 Å². The van der Waals surface area contributed by atoms with E-state index in [2.05, 4.69) is 65.3 Å². The average Bonchev–Trinajstić information content (AvgIpc) is 3.07. The van der Waals surface area contributed by atoms with Gasteiger partial charge in [-0.3, -0.25) is 4.68 Å². The van der Waals surface area contributed by atoms with Gasteiger partial charge in [0.25, 0.3) is 0 Å². The van der Waals surface area contributed by atoms with Crippen molar-refractivity contribution in [3.63, 3.8) is 0 Å². The molecule has 2 aromatic heterocycles. The smallest absolute Gasteiger partial charge is 0.0729 e. The normalized spacial score (nSPS) is 11.2. The minimum absolute atomic E-state index is 0.825. The van der Waals surface area contributed by atoms with Crippen LogP contribution in [0.4, 0.5) is 5.69 Å². The lowest BCUT2D eigenvalue weighted by atomic mass is 10.4. The Morgan fingerprint density at radius 2 is 2.10 bits per heavy atom. The molecule has 20 heavy (non-hydrogen) atoms. The van der Waals surface area contributed by atoms with Crippen LogP contribution in [0.3, 0.4) is 0 Å². The van der Waals surface area contributed by atoms with Crippen LogP contribution >= 0.6 is 0 Å². The Morgan fingerprint density at radius 1 is 1.30 bits per heavy atom. The molecule has 2 aromatic rings. The van der Waals surface area contributed by atoms with Gasteiger partial charge in [-0.25, -0.2) is 0 Å². The first-order valence-corrected chi connectivity index (χ1v) is 7.31. The van der Waals surface area contributed by atoms with E-state index in [1.165, 1.54) is 5.69 Å². The van der Waals surface area contributed by atoms with E-state index in [1.54, 1.807) is 0 Å². The van der Waals surface area contributed by atoms with Crippen molar-refractivity contribution in [3.8, 4) is 0 Å². The lowest BCUT2D eigenvalue weighted by molar-refractivity contribution is 0.285. The number of nitrogens with zero attached hydrogens (tertiary/aromatic N) is 4. The zero-order valence-electron chi connectivity index (χ0n) is 12.7. The predicted octanol–water partition coefficient (Wildman–Crippen LogP) is 2.18. The molecular formula is C15H25N5. The van der Waals surface area contributed by atoms with E-state index in [4.69, 9.17) is 0 Å². The van der Waals surface area contributed by atoms with Crippen LogP contribution < -0.4 is 5.32 Å². The Balaban J connectivity index is 1.81. The first kappa shape index (κ1) is 14.7. The summed E-state index contributed by atoms with van der Waals surface area (Å²) in [6.07, 6.45) is 6.03. The van der Waals surface area contributed by atoms with Gasteiger partial charge in [-0.15, -0.1) is 0 Å². The van der Waals surface area contributed by atoms with Crippen molar-refractivity contribution >= 4 is 5.69 Å². The van der Waals surface area contributed by atoms with Crippen molar-refractivity contribution < 1.29 is 0 Å². The standard InChI is InChI=1S/C15H25N5/c1-4-19(5-2)9-10-20-13-14(11-17-20)16-12-15-7-6-8-18(15)3/h6-8,11,13,16H,4-5,9-10,12H2,1-3H3. The molecule has 0 bridgehead atoms. The van der Waals surface area contributed by atoms with Crippen LogP contribution in [-0.4, -0.2) is 38.9 Å². The molecule has 0 aliphatic rings. The summed E-state index contributed by atoms with van der Waals surface area (Å²) in [5.41, 5.74) is 2.34. The Hall–Kier alpha value is -1.75. The maximum Gasteiger partial charge on any atom is 0.0729 e. The number of likely N-dealkylation sites (N-methyl/N-ethyl adjacent to an activating group) is 1. The second-order valence-corrected chi connectivity index (χ2v) is 4.98. The van der Waals surface area contributed by atoms with Gasteiger partial charge < -0.3 is 14.8 Å². The molecule has 2 rings (SSSR count). The summed E-state index contributed by atoms with van der Waals surface area (Å²) < 4.78 is 4.13. The summed E-state index contributed by atoms with van der Waals surface area (Å²) in [4.78, 5) is 2.40. The quantitative estimate of drug-likeness (QED) is 0.802. The van der Waals surface area contributed by atoms with Crippen LogP contribution in [0.5, 0.6) is 0 Å². The molecule has 0 radical (unpaired) electrons. The van der Waals surface area contributed by atoms with Gasteiger partial charge in [0, 0.05) is 31.7 Å². The van der Waals surface area contributed by atoms with Gasteiger partial charge in [0.05, 0.1) is 25.0 Å². The van der Waals surface area contributed by atoms with Crippen molar-refractivity contribution in [2.45, 2.75) is 26.9 Å². The van der Waals surface area contributed by atoms with E-state index in [0.29, 0.717) is 0 Å². The number of anilines is 1. The summed E-state index contributed by atoms with van der Waals surface area (Å²) >= 11 is 0. The minimum atomic E-state index is 0.825. The second-order valence-electron chi connectivity index (χ2n) is 4.98. The lowest BCUT2D eigenvalue weighted by Gasteiger charge is -2.17. The fourth-order valence-electron chi connectivity index (χ4n) is 2.23. The highest BCUT2D eigenvalue weighted by Crippen LogP contribution is 2.08. The van der Waals surface area contributed by atoms with Crippen LogP contribution in [0.25, 0.3) is 0 Å². The van der Waals surface area contributed by atoms with Crippen molar-refractivity contribution in [3.05, 3.63) is 36.4 Å². The van der Waals surface area contributed by atoms with Gasteiger partial charge in [0.15, 0.2) is 0 Å². The Kier molecular flexibility index (Phi) is 5.24. The van der Waals surface area contributed by atoms with Crippen LogP contribution in [0.15, 0.2) is 30.7 Å². The Morgan fingerprint density at radius 3 is 2.75 bits per heavy atom. The van der Waals surface area contributed by atoms with Crippen LogP contribution in [0.1, 0.15) is 19.5 Å². The number of rotatable bonds is 8. The number of aryl methyl sites for hydroxylation is 1. The fourth-order valence-corrected chi connectivity index (χ4v) is 2.23. The molecule has 0 saturated carbocycles. The molecule has 0 fully saturated rings. The first-order valence-electron chi connectivity index (χ1n) is 7.31. The molecule has 110 valence electrons. The van der Waals surface area contributed by atoms with Crippen molar-refractivity contribution in [1.82, 2.24) is 19.2 Å². The third-order valence-corrected chi connectivity index (χ3v) is 3.70. The summed E-state index contributed by atoms with van der Waals surface area (Å²) in [6.45, 7) is 9.39. The molecule has 0 spiro atoms. The summed E-state index contributed by atoms with van der Waals surface area (Å²) in [7, 11) is 2.06. The Labute approximate surface area is 121 Å². The predicted molar refractivity (Wildman–Crippen MR) is 82.8 cm³/mol. The molecule has 2 heterocycles. The largest absolute Gasteiger partial charge is 0.377 e. The van der Waals surface area contributed by atoms with E-state index >= 15 is 0 Å².